The van der Waals surface area contributed by atoms with E-state index in [9.17, 15) is 30.3 Å². The van der Waals surface area contributed by atoms with Gasteiger partial charge in [-0.3, -0.25) is 14.9 Å². The number of nitrogens with one attached hydrogen (secondary N) is 2. The number of aliphatic hydroxyl groups is 5. The molecule has 6 aliphatic carbocycles. The molecule has 16 unspecified atom stereocenters. The topological polar surface area (TPSA) is 178 Å². The second kappa shape index (κ2) is 12.2. The molecule has 11 rings (SSSR count). The van der Waals surface area contributed by atoms with Gasteiger partial charge in [-0.25, -0.2) is 0 Å². The minimum Gasteiger partial charge on any atom is -0.511 e. The number of hydrogen-bond acceptors (Lipinski definition) is 13. The highest BCUT2D eigenvalue weighted by molar-refractivity contribution is 8.77. The molecular formula is C39H50N2O9S2. The fourth-order valence-corrected chi connectivity index (χ4v) is 16.2. The molecule has 12 bridgehead atoms. The standard InChI is InChI=1S/C39H50N2O9S2/c1-17-12-23-30(44)19-4-2-6-24-28(19)32(46)38(23,26(43)13-17)16-51-52-35-20-8-7-18-21-5-3-10-37(21,22-9-11-40-34(41-35)29(22)27(18)20)15-39(48)31(45)25(14-42)50-36(49-24)33(39)47/h7,12-13,19,21-25,28-29,31,33-36,40-43,45,47-48H,2-6,8-11,14-16H2,1H3. The van der Waals surface area contributed by atoms with E-state index in [1.807, 2.05) is 13.0 Å². The van der Waals surface area contributed by atoms with E-state index in [1.54, 1.807) is 16.9 Å². The second-order valence-electron chi connectivity index (χ2n) is 17.4. The molecule has 0 radical (unpaired) electrons. The average molecular weight is 755 g/mol. The summed E-state index contributed by atoms with van der Waals surface area (Å²) in [6, 6.07) is 0. The van der Waals surface area contributed by atoms with Gasteiger partial charge in [0.1, 0.15) is 40.9 Å². The molecule has 0 aromatic heterocycles. The number of rotatable bonds is 1. The second-order valence-corrected chi connectivity index (χ2v) is 19.9. The summed E-state index contributed by atoms with van der Waals surface area (Å²) >= 11 is 0. The van der Waals surface area contributed by atoms with Crippen LogP contribution in [0.5, 0.6) is 0 Å². The lowest BCUT2D eigenvalue weighted by Gasteiger charge is -2.61. The van der Waals surface area contributed by atoms with Crippen molar-refractivity contribution >= 4 is 33.2 Å². The van der Waals surface area contributed by atoms with E-state index in [1.165, 1.54) is 27.5 Å². The Kier molecular flexibility index (Phi) is 8.22. The van der Waals surface area contributed by atoms with Crippen molar-refractivity contribution in [2.75, 3.05) is 18.9 Å². The summed E-state index contributed by atoms with van der Waals surface area (Å²) in [5.74, 6) is -2.07. The van der Waals surface area contributed by atoms with Crippen LogP contribution >= 0.6 is 21.6 Å². The number of carbonyl (C=O) groups excluding carboxylic acids is 2. The predicted molar refractivity (Wildman–Crippen MR) is 193 cm³/mol. The van der Waals surface area contributed by atoms with Crippen molar-refractivity contribution < 1.29 is 44.6 Å². The van der Waals surface area contributed by atoms with Crippen LogP contribution in [0.1, 0.15) is 64.7 Å². The highest BCUT2D eigenvalue weighted by Gasteiger charge is 2.68. The summed E-state index contributed by atoms with van der Waals surface area (Å²) in [6.07, 6.45) is 5.16. The van der Waals surface area contributed by atoms with Crippen molar-refractivity contribution in [3.8, 4) is 0 Å². The Balaban J connectivity index is 1.14. The molecule has 4 saturated carbocycles. The van der Waals surface area contributed by atoms with Crippen LogP contribution in [0.2, 0.25) is 0 Å². The molecule has 11 aliphatic rings. The van der Waals surface area contributed by atoms with Gasteiger partial charge in [0.05, 0.1) is 36.1 Å². The number of allylic oxidation sites excluding steroid dienone is 6. The van der Waals surface area contributed by atoms with Crippen LogP contribution in [0.4, 0.5) is 0 Å². The first-order valence-electron chi connectivity index (χ1n) is 19.4. The van der Waals surface area contributed by atoms with Crippen molar-refractivity contribution in [3.05, 3.63) is 46.3 Å². The number of aliphatic hydroxyl groups excluding tert-OH is 4. The molecule has 7 N–H and O–H groups in total. The van der Waals surface area contributed by atoms with Crippen LogP contribution in [0.25, 0.3) is 0 Å². The van der Waals surface area contributed by atoms with Crippen molar-refractivity contribution in [1.29, 1.82) is 0 Å². The number of piperidine rings is 1. The molecule has 3 saturated heterocycles. The van der Waals surface area contributed by atoms with Crippen LogP contribution in [-0.2, 0) is 19.1 Å². The first kappa shape index (κ1) is 34.9. The summed E-state index contributed by atoms with van der Waals surface area (Å²) in [5.41, 5.74) is 0.865. The molecule has 0 aromatic carbocycles. The summed E-state index contributed by atoms with van der Waals surface area (Å²) in [5, 5.41) is 66.9. The predicted octanol–water partition coefficient (Wildman–Crippen LogP) is 2.81. The van der Waals surface area contributed by atoms with Gasteiger partial charge >= 0.3 is 0 Å². The third-order valence-corrected chi connectivity index (χ3v) is 17.9. The van der Waals surface area contributed by atoms with E-state index in [0.29, 0.717) is 19.3 Å². The Labute approximate surface area is 311 Å². The fourth-order valence-electron chi connectivity index (χ4n) is 13.1. The van der Waals surface area contributed by atoms with Gasteiger partial charge in [0.15, 0.2) is 12.1 Å². The van der Waals surface area contributed by atoms with Crippen LogP contribution in [0.15, 0.2) is 46.3 Å². The number of ether oxygens (including phenoxy) is 2. The van der Waals surface area contributed by atoms with Gasteiger partial charge < -0.3 is 40.3 Å². The zero-order valence-electron chi connectivity index (χ0n) is 29.4. The quantitative estimate of drug-likeness (QED) is 0.195. The Morgan fingerprint density at radius 2 is 1.90 bits per heavy atom. The summed E-state index contributed by atoms with van der Waals surface area (Å²) in [4.78, 5) is 29.7. The molecule has 7 fully saturated rings. The summed E-state index contributed by atoms with van der Waals surface area (Å²) < 4.78 is 12.7. The van der Waals surface area contributed by atoms with E-state index in [4.69, 9.17) is 9.47 Å². The maximum Gasteiger partial charge on any atom is 0.187 e. The number of ketones is 2. The Morgan fingerprint density at radius 3 is 2.73 bits per heavy atom. The lowest BCUT2D eigenvalue weighted by atomic mass is 9.48. The molecule has 11 nitrogen and oxygen atoms in total. The summed E-state index contributed by atoms with van der Waals surface area (Å²) in [7, 11) is 3.22. The third kappa shape index (κ3) is 4.52. The highest BCUT2D eigenvalue weighted by atomic mass is 33.1. The lowest BCUT2D eigenvalue weighted by molar-refractivity contribution is -0.351. The van der Waals surface area contributed by atoms with Gasteiger partial charge in [-0.05, 0) is 98.5 Å². The van der Waals surface area contributed by atoms with Gasteiger partial charge in [0.25, 0.3) is 0 Å². The van der Waals surface area contributed by atoms with Crippen LogP contribution < -0.4 is 10.6 Å². The first-order chi connectivity index (χ1) is 25.0. The molecule has 52 heavy (non-hydrogen) atoms. The van der Waals surface area contributed by atoms with Crippen molar-refractivity contribution in [1.82, 2.24) is 10.6 Å². The normalized spacial score (nSPS) is 52.3. The molecule has 282 valence electrons. The minimum absolute atomic E-state index is 0.0315. The number of hydrogen-bond donors (Lipinski definition) is 7. The lowest BCUT2D eigenvalue weighted by Crippen LogP contribution is -2.71. The molecule has 13 heteroatoms. The SMILES string of the molecule is CC1=CC2C(=O)C3CCCC4OC5OC(CO)C(O)C(O)(CC67CCCC6C6=CCC8=C6C6C(NCCC67)NC8SSCC2(C(=O)C43)C(O)=C1)C5O. The fraction of sp³-hybridized carbons (Fsp3) is 0.744. The van der Waals surface area contributed by atoms with Crippen LogP contribution in [-0.4, -0.2) is 104 Å². The van der Waals surface area contributed by atoms with E-state index < -0.39 is 71.5 Å². The van der Waals surface area contributed by atoms with Crippen molar-refractivity contribution in [3.63, 3.8) is 0 Å². The van der Waals surface area contributed by atoms with Gasteiger partial charge in [-0.2, -0.15) is 0 Å². The Morgan fingerprint density at radius 1 is 1.06 bits per heavy atom. The molecule has 2 spiro atoms. The zero-order chi connectivity index (χ0) is 35.9. The molecule has 0 amide bonds. The zero-order valence-corrected chi connectivity index (χ0v) is 31.0. The largest absolute Gasteiger partial charge is 0.511 e. The van der Waals surface area contributed by atoms with Crippen LogP contribution in [0.3, 0.4) is 0 Å². The number of fused-ring (bicyclic) bond motifs is 2. The van der Waals surface area contributed by atoms with Crippen LogP contribution in [0, 0.1) is 46.3 Å². The molecule has 0 aromatic rings. The van der Waals surface area contributed by atoms with Crippen molar-refractivity contribution in [2.24, 2.45) is 46.3 Å². The maximum atomic E-state index is 15.1. The maximum absolute atomic E-state index is 15.1. The summed E-state index contributed by atoms with van der Waals surface area (Å²) in [6.45, 7) is 2.02. The van der Waals surface area contributed by atoms with E-state index >= 15 is 4.79 Å². The van der Waals surface area contributed by atoms with Crippen molar-refractivity contribution in [2.45, 2.75) is 113 Å². The van der Waals surface area contributed by atoms with Gasteiger partial charge in [0.2, 0.25) is 0 Å². The number of carbonyl (C=O) groups is 2. The van der Waals surface area contributed by atoms with Gasteiger partial charge in [-0.1, -0.05) is 52.2 Å². The van der Waals surface area contributed by atoms with E-state index in [0.717, 1.165) is 44.2 Å². The minimum atomic E-state index is -2.08. The highest BCUT2D eigenvalue weighted by Crippen LogP contribution is 2.69. The molecule has 5 heterocycles. The molecule has 5 aliphatic heterocycles. The molecular weight excluding hydrogens is 705 g/mol. The Bertz CT molecular complexity index is 1710. The Hall–Kier alpha value is -1.52. The van der Waals surface area contributed by atoms with Gasteiger partial charge in [0, 0.05) is 17.6 Å². The number of Topliss-reactive ketones (excluding diaryl/α,β-unsaturated/α-hetero) is 2. The molecule has 16 atom stereocenters. The average Bonchev–Trinajstić information content (AvgIpc) is 3.77. The van der Waals surface area contributed by atoms with Gasteiger partial charge in [-0.15, -0.1) is 0 Å². The smallest absolute Gasteiger partial charge is 0.187 e. The van der Waals surface area contributed by atoms with E-state index in [-0.39, 0.29) is 58.8 Å². The third-order valence-electron chi connectivity index (χ3n) is 15.3. The monoisotopic (exact) mass is 754 g/mol. The van der Waals surface area contributed by atoms with E-state index in [2.05, 4.69) is 16.7 Å². The first-order valence-corrected chi connectivity index (χ1v) is 21.8.